The van der Waals surface area contributed by atoms with Gasteiger partial charge in [-0.05, 0) is 70.2 Å². The highest BCUT2D eigenvalue weighted by Crippen LogP contribution is 2.76. The summed E-state index contributed by atoms with van der Waals surface area (Å²) >= 11 is 0. The number of hydrogen-bond donors (Lipinski definition) is 0. The molecule has 164 valence electrons. The van der Waals surface area contributed by atoms with Crippen molar-refractivity contribution in [3.63, 3.8) is 0 Å². The van der Waals surface area contributed by atoms with Crippen LogP contribution in [0.1, 0.15) is 49.1 Å². The Kier molecular flexibility index (Phi) is 6.60. The monoisotopic (exact) mass is 461 g/mol. The molecule has 1 aliphatic rings. The highest BCUT2D eigenvalue weighted by Gasteiger charge is 2.46. The van der Waals surface area contributed by atoms with Crippen LogP contribution in [0.25, 0.3) is 0 Å². The highest BCUT2D eigenvalue weighted by molar-refractivity contribution is 7.79. The SMILES string of the molecule is CC(C)N(P(c1ccco1)c1ccco1)P1[C@@H](c2ccccc2)CC[C@@H]1c1ccccc1. The fourth-order valence-electron chi connectivity index (χ4n) is 4.76. The molecule has 1 saturated heterocycles. The molecule has 3 nitrogen and oxygen atoms in total. The second-order valence-electron chi connectivity index (χ2n) is 8.44. The van der Waals surface area contributed by atoms with Crippen molar-refractivity contribution in [1.82, 2.24) is 4.44 Å². The van der Waals surface area contributed by atoms with Gasteiger partial charge < -0.3 is 8.83 Å². The minimum Gasteiger partial charge on any atom is -0.463 e. The van der Waals surface area contributed by atoms with Crippen molar-refractivity contribution in [2.45, 2.75) is 44.0 Å². The van der Waals surface area contributed by atoms with Crippen LogP contribution in [-0.2, 0) is 0 Å². The van der Waals surface area contributed by atoms with Crippen LogP contribution in [-0.4, -0.2) is 10.5 Å². The molecule has 1 aliphatic heterocycles. The zero-order valence-corrected chi connectivity index (χ0v) is 20.3. The maximum atomic E-state index is 6.03. The van der Waals surface area contributed by atoms with Crippen LogP contribution in [0.4, 0.5) is 0 Å². The molecule has 2 atom stereocenters. The van der Waals surface area contributed by atoms with Gasteiger partial charge in [-0.2, -0.15) is 0 Å². The van der Waals surface area contributed by atoms with Gasteiger partial charge in [0.1, 0.15) is 19.1 Å². The van der Waals surface area contributed by atoms with Gasteiger partial charge in [0.15, 0.2) is 0 Å². The van der Waals surface area contributed by atoms with E-state index in [2.05, 4.69) is 91.1 Å². The third-order valence-electron chi connectivity index (χ3n) is 6.05. The summed E-state index contributed by atoms with van der Waals surface area (Å²) in [7, 11) is -1.43. The van der Waals surface area contributed by atoms with Gasteiger partial charge in [0.05, 0.1) is 12.5 Å². The van der Waals surface area contributed by atoms with Gasteiger partial charge in [-0.1, -0.05) is 60.7 Å². The Morgan fingerprint density at radius 2 is 1.19 bits per heavy atom. The van der Waals surface area contributed by atoms with Crippen LogP contribution in [0.5, 0.6) is 0 Å². The lowest BCUT2D eigenvalue weighted by atomic mass is 10.0. The summed E-state index contributed by atoms with van der Waals surface area (Å²) in [5.41, 5.74) is 5.98. The van der Waals surface area contributed by atoms with E-state index in [0.717, 1.165) is 11.0 Å². The van der Waals surface area contributed by atoms with Gasteiger partial charge in [0, 0.05) is 17.4 Å². The van der Waals surface area contributed by atoms with E-state index in [9.17, 15) is 0 Å². The zero-order valence-electron chi connectivity index (χ0n) is 18.5. The smallest absolute Gasteiger partial charge is 0.148 e. The molecular weight excluding hydrogens is 432 g/mol. The molecule has 2 aromatic heterocycles. The summed E-state index contributed by atoms with van der Waals surface area (Å²) in [5.74, 6) is 0. The van der Waals surface area contributed by atoms with Crippen LogP contribution >= 0.6 is 16.1 Å². The number of hydrogen-bond acceptors (Lipinski definition) is 3. The topological polar surface area (TPSA) is 29.5 Å². The molecule has 0 bridgehead atoms. The molecule has 1 fully saturated rings. The quantitative estimate of drug-likeness (QED) is 0.265. The first kappa shape index (κ1) is 21.7. The minimum atomic E-state index is -0.896. The molecule has 0 spiro atoms. The molecule has 0 saturated carbocycles. The normalized spacial score (nSPS) is 19.4. The average Bonchev–Trinajstić information content (AvgIpc) is 3.60. The van der Waals surface area contributed by atoms with Crippen molar-refractivity contribution in [3.8, 4) is 0 Å². The van der Waals surface area contributed by atoms with E-state index in [0.29, 0.717) is 17.4 Å². The summed E-state index contributed by atoms with van der Waals surface area (Å²) in [6.07, 6.45) is 5.99. The third kappa shape index (κ3) is 4.23. The van der Waals surface area contributed by atoms with E-state index in [-0.39, 0.29) is 0 Å². The van der Waals surface area contributed by atoms with E-state index in [4.69, 9.17) is 8.83 Å². The van der Waals surface area contributed by atoms with Crippen LogP contribution in [0.2, 0.25) is 0 Å². The largest absolute Gasteiger partial charge is 0.463 e. The summed E-state index contributed by atoms with van der Waals surface area (Å²) in [6, 6.07) is 30.8. The maximum Gasteiger partial charge on any atom is 0.148 e. The molecule has 32 heavy (non-hydrogen) atoms. The summed E-state index contributed by atoms with van der Waals surface area (Å²) < 4.78 is 14.8. The van der Waals surface area contributed by atoms with Gasteiger partial charge >= 0.3 is 0 Å². The lowest BCUT2D eigenvalue weighted by Gasteiger charge is -2.43. The lowest BCUT2D eigenvalue weighted by Crippen LogP contribution is -2.30. The number of nitrogens with zero attached hydrogens (tertiary/aromatic N) is 1. The molecule has 0 N–H and O–H groups in total. The van der Waals surface area contributed by atoms with Crippen LogP contribution in [0.3, 0.4) is 0 Å². The number of rotatable bonds is 7. The predicted molar refractivity (Wildman–Crippen MR) is 135 cm³/mol. The molecule has 5 heteroatoms. The van der Waals surface area contributed by atoms with Crippen LogP contribution in [0.15, 0.2) is 106 Å². The fraction of sp³-hybridized carbons (Fsp3) is 0.259. The van der Waals surface area contributed by atoms with Crippen LogP contribution < -0.4 is 11.0 Å². The maximum absolute atomic E-state index is 6.03. The summed E-state index contributed by atoms with van der Waals surface area (Å²) in [4.78, 5) is 0. The first-order chi connectivity index (χ1) is 15.7. The summed E-state index contributed by atoms with van der Waals surface area (Å²) in [5, 5.41) is 0. The molecule has 5 rings (SSSR count). The Labute approximate surface area is 193 Å². The Morgan fingerprint density at radius 3 is 1.56 bits per heavy atom. The molecular formula is C27H29NO2P2. The first-order valence-corrected chi connectivity index (χ1v) is 14.0. The molecule has 0 radical (unpaired) electrons. The average molecular weight is 461 g/mol. The van der Waals surface area contributed by atoms with Gasteiger partial charge in [-0.15, -0.1) is 0 Å². The second-order valence-corrected chi connectivity index (χ2v) is 13.1. The Bertz CT molecular complexity index is 1000. The van der Waals surface area contributed by atoms with Gasteiger partial charge in [0.25, 0.3) is 0 Å². The molecule has 0 amide bonds. The van der Waals surface area contributed by atoms with Crippen molar-refractivity contribution in [2.75, 3.05) is 0 Å². The standard InChI is InChI=1S/C27H29NO2P2/c1-21(2)28(32(26-15-9-19-29-26)27-16-10-20-30-27)31-24(22-11-5-3-6-12-22)17-18-25(31)23-13-7-4-8-14-23/h3-16,19-21,24-25H,17-18H2,1-2H3/t24-,25-/m1/s1. The Morgan fingerprint density at radius 1 is 0.719 bits per heavy atom. The van der Waals surface area contributed by atoms with E-state index in [1.807, 2.05) is 12.1 Å². The van der Waals surface area contributed by atoms with E-state index in [1.54, 1.807) is 12.5 Å². The zero-order chi connectivity index (χ0) is 21.9. The van der Waals surface area contributed by atoms with Gasteiger partial charge in [-0.3, -0.25) is 0 Å². The van der Waals surface area contributed by atoms with Crippen molar-refractivity contribution < 1.29 is 8.83 Å². The second kappa shape index (κ2) is 9.75. The van der Waals surface area contributed by atoms with Crippen LogP contribution in [0, 0.1) is 0 Å². The van der Waals surface area contributed by atoms with E-state index >= 15 is 0 Å². The molecule has 3 heterocycles. The van der Waals surface area contributed by atoms with Crippen molar-refractivity contribution in [2.24, 2.45) is 0 Å². The Balaban J connectivity index is 1.65. The predicted octanol–water partition coefficient (Wildman–Crippen LogP) is 7.60. The van der Waals surface area contributed by atoms with Crippen molar-refractivity contribution >= 4 is 27.1 Å². The number of benzene rings is 2. The summed E-state index contributed by atoms with van der Waals surface area (Å²) in [6.45, 7) is 4.65. The van der Waals surface area contributed by atoms with Gasteiger partial charge in [-0.25, -0.2) is 4.44 Å². The first-order valence-electron chi connectivity index (χ1n) is 11.3. The van der Waals surface area contributed by atoms with E-state index < -0.39 is 16.1 Å². The molecule has 0 aliphatic carbocycles. The van der Waals surface area contributed by atoms with Gasteiger partial charge in [0.2, 0.25) is 0 Å². The highest BCUT2D eigenvalue weighted by atomic mass is 31.2. The molecule has 4 aromatic rings. The lowest BCUT2D eigenvalue weighted by molar-refractivity contribution is 0.543. The molecule has 2 aromatic carbocycles. The minimum absolute atomic E-state index is 0.359. The fourth-order valence-corrected chi connectivity index (χ4v) is 12.0. The number of furan rings is 2. The van der Waals surface area contributed by atoms with Crippen molar-refractivity contribution in [3.05, 3.63) is 109 Å². The van der Waals surface area contributed by atoms with E-state index in [1.165, 1.54) is 24.0 Å². The third-order valence-corrected chi connectivity index (χ3v) is 12.8. The Hall–Kier alpha value is -2.18. The molecule has 0 unspecified atom stereocenters. The van der Waals surface area contributed by atoms with Crippen molar-refractivity contribution in [1.29, 1.82) is 0 Å².